The van der Waals surface area contributed by atoms with Gasteiger partial charge in [-0.2, -0.15) is 0 Å². The van der Waals surface area contributed by atoms with Crippen LogP contribution >= 0.6 is 0 Å². The van der Waals surface area contributed by atoms with Crippen LogP contribution in [-0.2, 0) is 4.74 Å². The minimum Gasteiger partial charge on any atom is -0.441 e. The summed E-state index contributed by atoms with van der Waals surface area (Å²) in [4.78, 5) is 20.8. The van der Waals surface area contributed by atoms with Crippen molar-refractivity contribution >= 4 is 28.4 Å². The standard InChI is InChI=1S/C31H28FN5O3/c1-19(20-6-10-22(32)11-7-20)39-31(38)36-23-12-8-21(9-13-23)29-28(33)26-15-14-25(40-30-34-16-3-17-35-30)18-27(26)37(29)24-4-2-5-24/h3,6-19,24H,2,4-5,33H2,1H3,(H,36,38). The van der Waals surface area contributed by atoms with Gasteiger partial charge in [0.05, 0.1) is 16.9 Å². The lowest BCUT2D eigenvalue weighted by Crippen LogP contribution is -2.18. The number of fused-ring (bicyclic) bond motifs is 1. The fourth-order valence-electron chi connectivity index (χ4n) is 4.96. The van der Waals surface area contributed by atoms with Gasteiger partial charge in [0.25, 0.3) is 0 Å². The molecule has 1 saturated carbocycles. The number of benzene rings is 3. The van der Waals surface area contributed by atoms with Crippen molar-refractivity contribution in [1.29, 1.82) is 0 Å². The van der Waals surface area contributed by atoms with Crippen molar-refractivity contribution in [2.45, 2.75) is 38.3 Å². The molecular weight excluding hydrogens is 509 g/mol. The molecule has 40 heavy (non-hydrogen) atoms. The van der Waals surface area contributed by atoms with Gasteiger partial charge >= 0.3 is 12.1 Å². The van der Waals surface area contributed by atoms with Crippen molar-refractivity contribution < 1.29 is 18.7 Å². The molecule has 0 radical (unpaired) electrons. The second-order valence-electron chi connectivity index (χ2n) is 9.83. The summed E-state index contributed by atoms with van der Waals surface area (Å²) in [5.41, 5.74) is 11.6. The maximum atomic E-state index is 13.2. The number of hydrogen-bond donors (Lipinski definition) is 2. The smallest absolute Gasteiger partial charge is 0.412 e. The number of nitrogen functional groups attached to an aromatic ring is 1. The van der Waals surface area contributed by atoms with Crippen LogP contribution < -0.4 is 15.8 Å². The van der Waals surface area contributed by atoms with E-state index in [1.165, 1.54) is 18.6 Å². The molecule has 1 aliphatic rings. The minimum atomic E-state index is -0.595. The molecular formula is C31H28FN5O3. The molecule has 1 atom stereocenters. The zero-order chi connectivity index (χ0) is 27.6. The molecule has 9 heteroatoms. The molecule has 1 unspecified atom stereocenters. The number of hydrogen-bond acceptors (Lipinski definition) is 6. The van der Waals surface area contributed by atoms with E-state index in [1.807, 2.05) is 42.5 Å². The summed E-state index contributed by atoms with van der Waals surface area (Å²) in [6.45, 7) is 1.74. The first-order chi connectivity index (χ1) is 19.5. The average molecular weight is 538 g/mol. The summed E-state index contributed by atoms with van der Waals surface area (Å²) in [7, 11) is 0. The molecule has 3 N–H and O–H groups in total. The van der Waals surface area contributed by atoms with E-state index in [9.17, 15) is 9.18 Å². The highest BCUT2D eigenvalue weighted by atomic mass is 19.1. The molecule has 0 aliphatic heterocycles. The van der Waals surface area contributed by atoms with Crippen LogP contribution in [0.3, 0.4) is 0 Å². The number of anilines is 2. The normalized spacial score (nSPS) is 13.9. The Balaban J connectivity index is 1.25. The lowest BCUT2D eigenvalue weighted by Gasteiger charge is -2.30. The summed E-state index contributed by atoms with van der Waals surface area (Å²) in [5.74, 6) is 0.296. The first-order valence-electron chi connectivity index (χ1n) is 13.2. The Hall–Kier alpha value is -4.92. The predicted molar refractivity (Wildman–Crippen MR) is 152 cm³/mol. The molecule has 6 rings (SSSR count). The second-order valence-corrected chi connectivity index (χ2v) is 9.83. The number of amides is 1. The number of aromatic nitrogens is 3. The molecule has 0 saturated heterocycles. The van der Waals surface area contributed by atoms with Gasteiger partial charge in [0.15, 0.2) is 0 Å². The Morgan fingerprint density at radius 2 is 1.77 bits per heavy atom. The van der Waals surface area contributed by atoms with Crippen molar-refractivity contribution in [3.8, 4) is 23.0 Å². The summed E-state index contributed by atoms with van der Waals surface area (Å²) in [6.07, 6.45) is 5.46. The third-order valence-corrected chi connectivity index (χ3v) is 7.23. The molecule has 1 fully saturated rings. The highest BCUT2D eigenvalue weighted by Crippen LogP contribution is 2.45. The fourth-order valence-corrected chi connectivity index (χ4v) is 4.96. The monoisotopic (exact) mass is 537 g/mol. The Labute approximate surface area is 230 Å². The average Bonchev–Trinajstić information content (AvgIpc) is 3.20. The third-order valence-electron chi connectivity index (χ3n) is 7.23. The molecule has 3 aromatic carbocycles. The number of nitrogens with two attached hydrogens (primary N) is 1. The number of carbonyl (C=O) groups excluding carboxylic acids is 1. The highest BCUT2D eigenvalue weighted by Gasteiger charge is 2.27. The highest BCUT2D eigenvalue weighted by molar-refractivity contribution is 6.01. The predicted octanol–water partition coefficient (Wildman–Crippen LogP) is 7.65. The largest absolute Gasteiger partial charge is 0.441 e. The van der Waals surface area contributed by atoms with Crippen LogP contribution in [0.5, 0.6) is 11.8 Å². The van der Waals surface area contributed by atoms with Crippen LogP contribution in [0.1, 0.15) is 43.9 Å². The van der Waals surface area contributed by atoms with E-state index >= 15 is 0 Å². The quantitative estimate of drug-likeness (QED) is 0.221. The Morgan fingerprint density at radius 1 is 1.05 bits per heavy atom. The molecule has 5 aromatic rings. The van der Waals surface area contributed by atoms with E-state index < -0.39 is 12.2 Å². The molecule has 1 aliphatic carbocycles. The Kier molecular flexibility index (Phi) is 6.77. The van der Waals surface area contributed by atoms with E-state index in [4.69, 9.17) is 15.2 Å². The number of ether oxygens (including phenoxy) is 2. The summed E-state index contributed by atoms with van der Waals surface area (Å²) >= 11 is 0. The van der Waals surface area contributed by atoms with Gasteiger partial charge in [0.2, 0.25) is 0 Å². The van der Waals surface area contributed by atoms with Gasteiger partial charge in [0.1, 0.15) is 17.7 Å². The van der Waals surface area contributed by atoms with E-state index in [2.05, 4.69) is 19.9 Å². The van der Waals surface area contributed by atoms with Crippen LogP contribution in [0.15, 0.2) is 85.2 Å². The van der Waals surface area contributed by atoms with Gasteiger partial charge in [-0.1, -0.05) is 24.3 Å². The molecule has 1 amide bonds. The van der Waals surface area contributed by atoms with Crippen LogP contribution in [0.4, 0.5) is 20.6 Å². The van der Waals surface area contributed by atoms with Crippen LogP contribution in [-0.4, -0.2) is 20.6 Å². The van der Waals surface area contributed by atoms with E-state index in [0.29, 0.717) is 28.7 Å². The summed E-state index contributed by atoms with van der Waals surface area (Å²) in [5, 5.41) is 3.71. The number of carbonyl (C=O) groups is 1. The lowest BCUT2D eigenvalue weighted by molar-refractivity contribution is 0.121. The van der Waals surface area contributed by atoms with Gasteiger partial charge in [0, 0.05) is 41.1 Å². The van der Waals surface area contributed by atoms with Crippen LogP contribution in [0.25, 0.3) is 22.2 Å². The number of nitrogens with zero attached hydrogens (tertiary/aromatic N) is 3. The van der Waals surface area contributed by atoms with E-state index in [1.54, 1.807) is 37.5 Å². The second kappa shape index (κ2) is 10.7. The minimum absolute atomic E-state index is 0.283. The van der Waals surface area contributed by atoms with Gasteiger partial charge in [-0.15, -0.1) is 0 Å². The van der Waals surface area contributed by atoms with Crippen LogP contribution in [0.2, 0.25) is 0 Å². The third kappa shape index (κ3) is 5.05. The van der Waals surface area contributed by atoms with Gasteiger partial charge in [-0.05, 0) is 74.2 Å². The van der Waals surface area contributed by atoms with Crippen LogP contribution in [0, 0.1) is 5.82 Å². The molecule has 202 valence electrons. The van der Waals surface area contributed by atoms with Gasteiger partial charge in [-0.3, -0.25) is 5.32 Å². The van der Waals surface area contributed by atoms with Crippen molar-refractivity contribution in [2.75, 3.05) is 11.1 Å². The van der Waals surface area contributed by atoms with Crippen molar-refractivity contribution in [1.82, 2.24) is 14.5 Å². The number of halogens is 1. The van der Waals surface area contributed by atoms with E-state index in [0.717, 1.165) is 35.0 Å². The SMILES string of the molecule is CC(OC(=O)Nc1ccc(-c2c(N)c3ccc(Oc4ncccn4)cc3n2C2CCC2)cc1)c1ccc(F)cc1. The zero-order valence-corrected chi connectivity index (χ0v) is 21.9. The summed E-state index contributed by atoms with van der Waals surface area (Å²) in [6, 6.07) is 21.6. The maximum absolute atomic E-state index is 13.2. The first kappa shape index (κ1) is 25.4. The van der Waals surface area contributed by atoms with Gasteiger partial charge < -0.3 is 19.8 Å². The molecule has 0 spiro atoms. The lowest BCUT2D eigenvalue weighted by atomic mass is 9.92. The van der Waals surface area contributed by atoms with E-state index in [-0.39, 0.29) is 11.8 Å². The Bertz CT molecular complexity index is 1650. The summed E-state index contributed by atoms with van der Waals surface area (Å²) < 4.78 is 26.9. The van der Waals surface area contributed by atoms with Crippen molar-refractivity contribution in [2.24, 2.45) is 0 Å². The molecule has 2 heterocycles. The molecule has 2 aromatic heterocycles. The number of rotatable bonds is 7. The van der Waals surface area contributed by atoms with Crippen molar-refractivity contribution in [3.63, 3.8) is 0 Å². The number of nitrogens with one attached hydrogen (secondary N) is 1. The molecule has 0 bridgehead atoms. The maximum Gasteiger partial charge on any atom is 0.412 e. The fraction of sp³-hybridized carbons (Fsp3) is 0.194. The Morgan fingerprint density at radius 3 is 2.45 bits per heavy atom. The first-order valence-corrected chi connectivity index (χ1v) is 13.2. The zero-order valence-electron chi connectivity index (χ0n) is 21.9. The topological polar surface area (TPSA) is 104 Å². The van der Waals surface area contributed by atoms with Crippen molar-refractivity contribution in [3.05, 3.63) is 96.6 Å². The van der Waals surface area contributed by atoms with Gasteiger partial charge in [-0.25, -0.2) is 19.2 Å². The molecule has 8 nitrogen and oxygen atoms in total.